The summed E-state index contributed by atoms with van der Waals surface area (Å²) in [6.07, 6.45) is -0.474. The van der Waals surface area contributed by atoms with E-state index in [2.05, 4.69) is 157 Å². The topological polar surface area (TPSA) is 50.9 Å². The number of hydrogen-bond acceptors (Lipinski definition) is 3. The summed E-state index contributed by atoms with van der Waals surface area (Å²) in [4.78, 5) is 10.3. The molecule has 0 unspecified atom stereocenters. The molecule has 10 aromatic rings. The highest BCUT2D eigenvalue weighted by molar-refractivity contribution is 5.99. The third-order valence-corrected chi connectivity index (χ3v) is 13.9. The minimum absolute atomic E-state index is 0.0405. The van der Waals surface area contributed by atoms with Gasteiger partial charge in [-0.3, -0.25) is 9.55 Å². The van der Waals surface area contributed by atoms with E-state index >= 15 is 0 Å². The molecular weight excluding hydrogens is 899 g/mol. The molecule has 0 fully saturated rings. The molecule has 0 saturated heterocycles. The van der Waals surface area contributed by atoms with Crippen LogP contribution in [0.1, 0.15) is 115 Å². The van der Waals surface area contributed by atoms with Crippen LogP contribution in [0.4, 0.5) is 0 Å². The minimum Gasteiger partial charge on any atom is -0.507 e. The van der Waals surface area contributed by atoms with Gasteiger partial charge in [0, 0.05) is 28.4 Å². The Hall–Kier alpha value is -7.82. The fraction of sp³-hybridized carbons (Fsp3) is 0.229. The molecule has 0 aliphatic heterocycles. The molecular formula is C70H69N3O. The summed E-state index contributed by atoms with van der Waals surface area (Å²) in [6, 6.07) is 49.4. The van der Waals surface area contributed by atoms with E-state index in [-0.39, 0.29) is 69.2 Å². The second kappa shape index (κ2) is 18.9. The summed E-state index contributed by atoms with van der Waals surface area (Å²) >= 11 is 0. The Labute approximate surface area is 449 Å². The van der Waals surface area contributed by atoms with E-state index in [1.165, 1.54) is 5.56 Å². The number of phenols is 1. The first kappa shape index (κ1) is 41.6. The lowest BCUT2D eigenvalue weighted by atomic mass is 9.78. The van der Waals surface area contributed by atoms with Gasteiger partial charge in [-0.1, -0.05) is 216 Å². The Morgan fingerprint density at radius 1 is 0.419 bits per heavy atom. The molecule has 0 aliphatic carbocycles. The van der Waals surface area contributed by atoms with Crippen molar-refractivity contribution in [2.75, 3.05) is 0 Å². The quantitative estimate of drug-likeness (QED) is 0.165. The lowest BCUT2D eigenvalue weighted by Crippen LogP contribution is -2.17. The van der Waals surface area contributed by atoms with E-state index in [0.717, 1.165) is 61.3 Å². The highest BCUT2D eigenvalue weighted by Crippen LogP contribution is 2.48. The van der Waals surface area contributed by atoms with Crippen molar-refractivity contribution in [3.8, 4) is 89.7 Å². The van der Waals surface area contributed by atoms with E-state index in [4.69, 9.17) is 10.5 Å². The highest BCUT2D eigenvalue weighted by Gasteiger charge is 2.31. The average Bonchev–Trinajstić information content (AvgIpc) is 3.57. The number of aromatic hydroxyl groups is 1. The van der Waals surface area contributed by atoms with E-state index in [1.54, 1.807) is 0 Å². The first-order chi connectivity index (χ1) is 38.1. The van der Waals surface area contributed by atoms with Gasteiger partial charge in [-0.2, -0.15) is 0 Å². The Morgan fingerprint density at radius 2 is 0.986 bits per heavy atom. The van der Waals surface area contributed by atoms with E-state index in [1.807, 2.05) is 87.5 Å². The van der Waals surface area contributed by atoms with Crippen molar-refractivity contribution in [3.63, 3.8) is 0 Å². The maximum atomic E-state index is 12.9. The van der Waals surface area contributed by atoms with Gasteiger partial charge in [0.25, 0.3) is 0 Å². The van der Waals surface area contributed by atoms with Crippen molar-refractivity contribution in [1.29, 1.82) is 0 Å². The van der Waals surface area contributed by atoms with E-state index < -0.39 is 23.0 Å². The molecule has 0 aliphatic rings. The van der Waals surface area contributed by atoms with Gasteiger partial charge in [-0.05, 0) is 137 Å². The van der Waals surface area contributed by atoms with Gasteiger partial charge in [-0.25, -0.2) is 4.98 Å². The number of aromatic nitrogens is 3. The van der Waals surface area contributed by atoms with Crippen molar-refractivity contribution >= 4 is 11.0 Å². The number of phenolic OH excluding ortho intramolecular Hbond substituents is 1. The molecule has 4 heteroatoms. The number of benzene rings is 8. The normalized spacial score (nSPS) is 13.7. The second-order valence-electron chi connectivity index (χ2n) is 23.6. The van der Waals surface area contributed by atoms with E-state index in [9.17, 15) is 9.22 Å². The zero-order chi connectivity index (χ0) is 58.4. The van der Waals surface area contributed by atoms with Gasteiger partial charge in [0.2, 0.25) is 0 Å². The minimum atomic E-state index is -0.734. The molecule has 2 aromatic heterocycles. The largest absolute Gasteiger partial charge is 0.507 e. The predicted molar refractivity (Wildman–Crippen MR) is 313 cm³/mol. The van der Waals surface area contributed by atoms with Crippen LogP contribution in [0, 0.1) is 0 Å². The first-order valence-electron chi connectivity index (χ1n) is 29.1. The van der Waals surface area contributed by atoms with Gasteiger partial charge in [0.1, 0.15) is 11.6 Å². The van der Waals surface area contributed by atoms with Gasteiger partial charge in [0.15, 0.2) is 0 Å². The maximum absolute atomic E-state index is 12.9. The van der Waals surface area contributed by atoms with Crippen molar-refractivity contribution < 1.29 is 14.7 Å². The fourth-order valence-corrected chi connectivity index (χ4v) is 9.77. The average molecular weight is 975 g/mol. The molecule has 10 rings (SSSR count). The third kappa shape index (κ3) is 9.74. The third-order valence-electron chi connectivity index (χ3n) is 13.9. The van der Waals surface area contributed by atoms with Crippen LogP contribution in [0.2, 0.25) is 0 Å². The Kier molecular flexibility index (Phi) is 10.6. The number of para-hydroxylation sites is 1. The van der Waals surface area contributed by atoms with Crippen LogP contribution in [0.5, 0.6) is 5.75 Å². The highest BCUT2D eigenvalue weighted by atomic mass is 16.3. The zero-order valence-electron chi connectivity index (χ0n) is 51.7. The lowest BCUT2D eigenvalue weighted by molar-refractivity contribution is 0.446. The van der Waals surface area contributed by atoms with Crippen molar-refractivity contribution in [2.45, 2.75) is 105 Å². The maximum Gasteiger partial charge on any atom is 0.149 e. The van der Waals surface area contributed by atoms with Crippen LogP contribution >= 0.6 is 0 Å². The molecule has 2 heterocycles. The molecule has 0 spiro atoms. The molecule has 1 N–H and O–H groups in total. The summed E-state index contributed by atoms with van der Waals surface area (Å²) in [5.41, 5.74) is 11.5. The molecule has 74 heavy (non-hydrogen) atoms. The molecule has 370 valence electrons. The Bertz CT molecular complexity index is 4080. The summed E-state index contributed by atoms with van der Waals surface area (Å²) < 4.78 is 66.9. The van der Waals surface area contributed by atoms with Crippen LogP contribution in [0.3, 0.4) is 0 Å². The molecule has 0 atom stereocenters. The van der Waals surface area contributed by atoms with E-state index in [0.29, 0.717) is 28.0 Å². The van der Waals surface area contributed by atoms with Crippen LogP contribution in [0.15, 0.2) is 194 Å². The SMILES string of the molecule is [2H]c1nc(-c2cc(-c3ccccc3)cc(-c3cccc4c3nc(-c3cc(C(C)(C)C)cc(C(C)(C)C)c3O)n4-c3cc(-c4ccccc4)c(C(C)(C)C)cc3-c3ccccc3)c2)c([2H])c(-c2c([2H])c([2H])c(C(C)(C)C)c([2H])c2[2H])c1[2H]. The molecule has 0 radical (unpaired) electrons. The molecule has 0 saturated carbocycles. The number of rotatable bonds is 8. The summed E-state index contributed by atoms with van der Waals surface area (Å²) in [6.45, 7) is 25.1. The monoisotopic (exact) mass is 975 g/mol. The summed E-state index contributed by atoms with van der Waals surface area (Å²) in [7, 11) is 0. The van der Waals surface area contributed by atoms with Gasteiger partial charge >= 0.3 is 0 Å². The Balaban J connectivity index is 1.34. The summed E-state index contributed by atoms with van der Waals surface area (Å²) in [5.74, 6) is 0.675. The lowest BCUT2D eigenvalue weighted by Gasteiger charge is -2.28. The van der Waals surface area contributed by atoms with Crippen LogP contribution in [0.25, 0.3) is 95.0 Å². The van der Waals surface area contributed by atoms with Crippen LogP contribution in [-0.2, 0) is 21.7 Å². The van der Waals surface area contributed by atoms with Crippen molar-refractivity contribution in [3.05, 3.63) is 216 Å². The standard InChI is InChI=1S/C70H69N3O/c1-67(2,3)53-33-31-46(32-34-53)49-35-36-71-61(40-49)52-38-50(45-23-16-13-17-24-45)37-51(39-52)55-29-22-30-62-64(55)72-66(58-41-54(68(4,5)6)42-60(65(58)74)70(10,11)12)73(62)63-44-56(47-25-18-14-19-26-47)59(69(7,8)9)43-57(63)48-27-20-15-21-28-48/h13-44,74H,1-12H3/i31D,32D,33D,34D,35D,36D,40D. The molecule has 0 amide bonds. The predicted octanol–water partition coefficient (Wildman–Crippen LogP) is 19.0. The van der Waals surface area contributed by atoms with Crippen molar-refractivity contribution in [2.24, 2.45) is 0 Å². The summed E-state index contributed by atoms with van der Waals surface area (Å²) in [5, 5.41) is 12.9. The van der Waals surface area contributed by atoms with Gasteiger partial charge < -0.3 is 5.11 Å². The molecule has 4 nitrogen and oxygen atoms in total. The van der Waals surface area contributed by atoms with Crippen LogP contribution in [-0.4, -0.2) is 19.6 Å². The number of imidazole rings is 1. The number of nitrogens with zero attached hydrogens (tertiary/aromatic N) is 3. The number of fused-ring (bicyclic) bond motifs is 1. The Morgan fingerprint density at radius 3 is 1.58 bits per heavy atom. The zero-order valence-corrected chi connectivity index (χ0v) is 44.7. The van der Waals surface area contributed by atoms with Gasteiger partial charge in [-0.15, -0.1) is 0 Å². The fourth-order valence-electron chi connectivity index (χ4n) is 9.77. The first-order valence-corrected chi connectivity index (χ1v) is 25.6. The van der Waals surface area contributed by atoms with Gasteiger partial charge in [0.05, 0.1) is 37.6 Å². The second-order valence-corrected chi connectivity index (χ2v) is 23.6. The molecule has 8 aromatic carbocycles. The van der Waals surface area contributed by atoms with Crippen LogP contribution < -0.4 is 0 Å². The van der Waals surface area contributed by atoms with Crippen molar-refractivity contribution in [1.82, 2.24) is 14.5 Å². The molecule has 0 bridgehead atoms. The smallest absolute Gasteiger partial charge is 0.149 e. The number of pyridine rings is 1. The number of hydrogen-bond donors (Lipinski definition) is 1.